The van der Waals surface area contributed by atoms with Crippen molar-refractivity contribution in [2.45, 2.75) is 31.2 Å². The molecule has 30 heavy (non-hydrogen) atoms. The standard InChI is InChI=1S/C20H34N4O4S.HI/c1-4-21-20(22-11-5-12-27-15-18-10-13-28-16-18)23-14-17-6-8-19(9-7-17)29(25,26)24(2)3;/h6-9,18H,4-5,10-16H2,1-3H3,(H2,21,22,23);1H. The van der Waals surface area contributed by atoms with E-state index in [1.54, 1.807) is 24.3 Å². The lowest BCUT2D eigenvalue weighted by Gasteiger charge is -2.13. The fourth-order valence-corrected chi connectivity index (χ4v) is 3.74. The molecule has 1 aliphatic rings. The van der Waals surface area contributed by atoms with Crippen LogP contribution in [0, 0.1) is 5.92 Å². The number of nitrogens with one attached hydrogen (secondary N) is 2. The van der Waals surface area contributed by atoms with Crippen LogP contribution in [0.4, 0.5) is 0 Å². The fraction of sp³-hybridized carbons (Fsp3) is 0.650. The van der Waals surface area contributed by atoms with Gasteiger partial charge in [-0.15, -0.1) is 24.0 Å². The lowest BCUT2D eigenvalue weighted by atomic mass is 10.1. The molecule has 1 aromatic carbocycles. The Balaban J connectivity index is 0.00000450. The van der Waals surface area contributed by atoms with E-state index in [2.05, 4.69) is 15.6 Å². The minimum absolute atomic E-state index is 0. The van der Waals surface area contributed by atoms with Crippen LogP contribution in [0.25, 0.3) is 0 Å². The predicted octanol–water partition coefficient (Wildman–Crippen LogP) is 2.05. The van der Waals surface area contributed by atoms with Gasteiger partial charge in [-0.1, -0.05) is 12.1 Å². The summed E-state index contributed by atoms with van der Waals surface area (Å²) in [6, 6.07) is 6.83. The first kappa shape index (κ1) is 27.1. The number of rotatable bonds is 11. The Morgan fingerprint density at radius 2 is 2.00 bits per heavy atom. The van der Waals surface area contributed by atoms with Gasteiger partial charge in [-0.05, 0) is 37.5 Å². The molecule has 8 nitrogen and oxygen atoms in total. The Bertz CT molecular complexity index is 736. The number of nitrogens with zero attached hydrogens (tertiary/aromatic N) is 2. The summed E-state index contributed by atoms with van der Waals surface area (Å²) in [6.45, 7) is 7.18. The molecule has 0 spiro atoms. The highest BCUT2D eigenvalue weighted by atomic mass is 127. The van der Waals surface area contributed by atoms with Crippen LogP contribution in [-0.2, 0) is 26.0 Å². The van der Waals surface area contributed by atoms with Gasteiger partial charge in [0.05, 0.1) is 24.7 Å². The third-order valence-corrected chi connectivity index (χ3v) is 6.43. The van der Waals surface area contributed by atoms with Crippen molar-refractivity contribution in [1.29, 1.82) is 0 Å². The van der Waals surface area contributed by atoms with E-state index < -0.39 is 10.0 Å². The molecular weight excluding hydrogens is 519 g/mol. The number of guanidine groups is 1. The van der Waals surface area contributed by atoms with Crippen LogP contribution in [-0.4, -0.2) is 72.3 Å². The number of ether oxygens (including phenoxy) is 2. The molecule has 172 valence electrons. The second-order valence-electron chi connectivity index (χ2n) is 7.21. The van der Waals surface area contributed by atoms with E-state index in [4.69, 9.17) is 9.47 Å². The molecule has 1 aromatic rings. The maximum Gasteiger partial charge on any atom is 0.242 e. The van der Waals surface area contributed by atoms with E-state index in [-0.39, 0.29) is 28.9 Å². The van der Waals surface area contributed by atoms with Crippen LogP contribution >= 0.6 is 24.0 Å². The molecule has 0 bridgehead atoms. The Kier molecular flexibility index (Phi) is 12.8. The molecule has 0 radical (unpaired) electrons. The number of hydrogen-bond acceptors (Lipinski definition) is 5. The number of halogens is 1. The normalized spacial score (nSPS) is 17.1. The van der Waals surface area contributed by atoms with Gasteiger partial charge in [-0.25, -0.2) is 17.7 Å². The van der Waals surface area contributed by atoms with E-state index in [1.807, 2.05) is 6.92 Å². The van der Waals surface area contributed by atoms with E-state index >= 15 is 0 Å². The van der Waals surface area contributed by atoms with Gasteiger partial charge in [0.15, 0.2) is 5.96 Å². The van der Waals surface area contributed by atoms with Crippen molar-refractivity contribution < 1.29 is 17.9 Å². The van der Waals surface area contributed by atoms with E-state index in [0.29, 0.717) is 19.1 Å². The first-order chi connectivity index (χ1) is 13.9. The van der Waals surface area contributed by atoms with E-state index in [1.165, 1.54) is 18.4 Å². The molecule has 1 heterocycles. The van der Waals surface area contributed by atoms with Crippen molar-refractivity contribution in [2.75, 3.05) is 53.6 Å². The molecule has 10 heteroatoms. The second-order valence-corrected chi connectivity index (χ2v) is 9.36. The smallest absolute Gasteiger partial charge is 0.242 e. The molecule has 0 saturated carbocycles. The monoisotopic (exact) mass is 554 g/mol. The lowest BCUT2D eigenvalue weighted by Crippen LogP contribution is -2.38. The third kappa shape index (κ3) is 9.04. The Morgan fingerprint density at radius 3 is 2.60 bits per heavy atom. The summed E-state index contributed by atoms with van der Waals surface area (Å²) in [6.07, 6.45) is 1.99. The number of hydrogen-bond donors (Lipinski definition) is 2. The fourth-order valence-electron chi connectivity index (χ4n) is 2.84. The van der Waals surface area contributed by atoms with Gasteiger partial charge in [0.1, 0.15) is 0 Å². The van der Waals surface area contributed by atoms with Crippen molar-refractivity contribution in [3.63, 3.8) is 0 Å². The molecule has 1 aliphatic heterocycles. The Hall–Kier alpha value is -0.950. The summed E-state index contributed by atoms with van der Waals surface area (Å²) < 4.78 is 36.5. The molecule has 0 amide bonds. The highest BCUT2D eigenvalue weighted by Gasteiger charge is 2.16. The lowest BCUT2D eigenvalue weighted by molar-refractivity contribution is 0.0888. The summed E-state index contributed by atoms with van der Waals surface area (Å²) in [5.74, 6) is 1.28. The van der Waals surface area contributed by atoms with Crippen molar-refractivity contribution in [1.82, 2.24) is 14.9 Å². The largest absolute Gasteiger partial charge is 0.381 e. The maximum atomic E-state index is 12.1. The molecule has 1 unspecified atom stereocenters. The molecule has 2 rings (SSSR count). The van der Waals surface area contributed by atoms with E-state index in [9.17, 15) is 8.42 Å². The van der Waals surface area contributed by atoms with Gasteiger partial charge in [0.2, 0.25) is 10.0 Å². The molecule has 0 aliphatic carbocycles. The predicted molar refractivity (Wildman–Crippen MR) is 130 cm³/mol. The molecule has 1 atom stereocenters. The van der Waals surface area contributed by atoms with Crippen molar-refractivity contribution >= 4 is 40.0 Å². The first-order valence-corrected chi connectivity index (χ1v) is 11.6. The van der Waals surface area contributed by atoms with Crippen LogP contribution in [0.2, 0.25) is 0 Å². The Labute approximate surface area is 197 Å². The quantitative estimate of drug-likeness (QED) is 0.188. The number of aliphatic imine (C=N–C) groups is 1. The van der Waals surface area contributed by atoms with Crippen LogP contribution in [0.3, 0.4) is 0 Å². The maximum absolute atomic E-state index is 12.1. The average molecular weight is 554 g/mol. The van der Waals surface area contributed by atoms with Gasteiger partial charge in [0, 0.05) is 46.3 Å². The van der Waals surface area contributed by atoms with Gasteiger partial charge < -0.3 is 20.1 Å². The summed E-state index contributed by atoms with van der Waals surface area (Å²) in [5.41, 5.74) is 0.946. The van der Waals surface area contributed by atoms with Gasteiger partial charge >= 0.3 is 0 Å². The van der Waals surface area contributed by atoms with Crippen LogP contribution < -0.4 is 10.6 Å². The van der Waals surface area contributed by atoms with Crippen LogP contribution in [0.15, 0.2) is 34.2 Å². The summed E-state index contributed by atoms with van der Waals surface area (Å²) in [7, 11) is -0.357. The molecule has 1 saturated heterocycles. The molecule has 0 aromatic heterocycles. The SMILES string of the molecule is CCNC(=NCc1ccc(S(=O)(=O)N(C)C)cc1)NCCCOCC1CCOC1.I. The highest BCUT2D eigenvalue weighted by Crippen LogP contribution is 2.14. The third-order valence-electron chi connectivity index (χ3n) is 4.60. The van der Waals surface area contributed by atoms with Gasteiger partial charge in [-0.3, -0.25) is 0 Å². The summed E-state index contributed by atoms with van der Waals surface area (Å²) >= 11 is 0. The molecule has 1 fully saturated rings. The first-order valence-electron chi connectivity index (χ1n) is 10.1. The second kappa shape index (κ2) is 14.2. The van der Waals surface area contributed by atoms with Gasteiger partial charge in [0.25, 0.3) is 0 Å². The minimum Gasteiger partial charge on any atom is -0.381 e. The Morgan fingerprint density at radius 1 is 1.27 bits per heavy atom. The van der Waals surface area contributed by atoms with Crippen molar-refractivity contribution in [2.24, 2.45) is 10.9 Å². The number of benzene rings is 1. The average Bonchev–Trinajstić information content (AvgIpc) is 3.22. The topological polar surface area (TPSA) is 92.3 Å². The zero-order valence-corrected chi connectivity index (χ0v) is 21.2. The van der Waals surface area contributed by atoms with E-state index in [0.717, 1.165) is 57.3 Å². The van der Waals surface area contributed by atoms with Crippen molar-refractivity contribution in [3.8, 4) is 0 Å². The molecule has 2 N–H and O–H groups in total. The zero-order chi connectivity index (χ0) is 21.1. The number of sulfonamides is 1. The molecular formula is C20H35IN4O4S. The zero-order valence-electron chi connectivity index (χ0n) is 18.1. The highest BCUT2D eigenvalue weighted by molar-refractivity contribution is 14.0. The summed E-state index contributed by atoms with van der Waals surface area (Å²) in [5, 5.41) is 6.52. The minimum atomic E-state index is -3.40. The van der Waals surface area contributed by atoms with Crippen molar-refractivity contribution in [3.05, 3.63) is 29.8 Å². The van der Waals surface area contributed by atoms with Gasteiger partial charge in [-0.2, -0.15) is 0 Å². The van der Waals surface area contributed by atoms with Crippen LogP contribution in [0.5, 0.6) is 0 Å². The van der Waals surface area contributed by atoms with Crippen LogP contribution in [0.1, 0.15) is 25.3 Å². The summed E-state index contributed by atoms with van der Waals surface area (Å²) in [4.78, 5) is 4.85.